The van der Waals surface area contributed by atoms with Gasteiger partial charge in [-0.3, -0.25) is 9.59 Å². The van der Waals surface area contributed by atoms with Crippen LogP contribution in [0.15, 0.2) is 28.5 Å². The van der Waals surface area contributed by atoms with Gasteiger partial charge in [-0.05, 0) is 41.7 Å². The molecule has 1 heterocycles. The summed E-state index contributed by atoms with van der Waals surface area (Å²) in [5.41, 5.74) is 1.19. The van der Waals surface area contributed by atoms with Crippen LogP contribution in [0.2, 0.25) is 0 Å². The molecule has 0 aliphatic heterocycles. The van der Waals surface area contributed by atoms with E-state index in [1.165, 1.54) is 0 Å². The molecule has 0 spiro atoms. The molecule has 0 N–H and O–H groups in total. The van der Waals surface area contributed by atoms with Crippen LogP contribution in [0.4, 0.5) is 0 Å². The van der Waals surface area contributed by atoms with Gasteiger partial charge in [0, 0.05) is 18.2 Å². The van der Waals surface area contributed by atoms with E-state index in [0.717, 1.165) is 17.6 Å². The molecule has 1 aliphatic carbocycles. The number of rotatable bonds is 3. The third kappa shape index (κ3) is 3.22. The minimum Gasteiger partial charge on any atom is -0.294 e. The molecule has 0 saturated carbocycles. The zero-order valence-electron chi connectivity index (χ0n) is 14.6. The van der Waals surface area contributed by atoms with Crippen molar-refractivity contribution in [2.75, 3.05) is 6.26 Å². The maximum absolute atomic E-state index is 13.0. The van der Waals surface area contributed by atoms with E-state index in [1.807, 2.05) is 19.9 Å². The normalized spacial score (nSPS) is 16.0. The van der Waals surface area contributed by atoms with Crippen molar-refractivity contribution in [3.8, 4) is 6.07 Å². The molecule has 0 amide bonds. The number of thiophene rings is 1. The first-order valence-electron chi connectivity index (χ1n) is 7.97. The van der Waals surface area contributed by atoms with Crippen LogP contribution in [0.25, 0.3) is 0 Å². The summed E-state index contributed by atoms with van der Waals surface area (Å²) in [5, 5.41) is 8.88. The summed E-state index contributed by atoms with van der Waals surface area (Å²) >= 11 is 0.876. The number of carbonyl (C=O) groups is 2. The van der Waals surface area contributed by atoms with E-state index in [2.05, 4.69) is 0 Å². The van der Waals surface area contributed by atoms with Crippen LogP contribution >= 0.6 is 11.3 Å². The first kappa shape index (κ1) is 18.5. The van der Waals surface area contributed by atoms with Gasteiger partial charge in [0.15, 0.2) is 15.6 Å². The Balaban J connectivity index is 2.20. The van der Waals surface area contributed by atoms with Gasteiger partial charge in [-0.2, -0.15) is 5.26 Å². The Bertz CT molecular complexity index is 1070. The molecule has 2 aromatic rings. The number of nitriles is 1. The van der Waals surface area contributed by atoms with E-state index in [0.29, 0.717) is 28.0 Å². The third-order valence-electron chi connectivity index (χ3n) is 4.37. The first-order chi connectivity index (χ1) is 12.0. The maximum Gasteiger partial charge on any atom is 0.203 e. The van der Waals surface area contributed by atoms with Crippen molar-refractivity contribution in [1.82, 2.24) is 0 Å². The molecule has 1 aromatic carbocycles. The lowest BCUT2D eigenvalue weighted by atomic mass is 9.74. The summed E-state index contributed by atoms with van der Waals surface area (Å²) in [6, 6.07) is 8.16. The molecule has 26 heavy (non-hydrogen) atoms. The number of fused-ring (bicyclic) bond motifs is 1. The van der Waals surface area contributed by atoms with Gasteiger partial charge >= 0.3 is 0 Å². The van der Waals surface area contributed by atoms with Crippen LogP contribution in [0.3, 0.4) is 0 Å². The second kappa shape index (κ2) is 6.15. The Morgan fingerprint density at radius 3 is 2.35 bits per heavy atom. The number of hydrogen-bond acceptors (Lipinski definition) is 6. The number of nitrogens with zero attached hydrogens (tertiary/aromatic N) is 1. The van der Waals surface area contributed by atoms with E-state index in [-0.39, 0.29) is 33.2 Å². The fraction of sp³-hybridized carbons (Fsp3) is 0.316. The molecule has 0 atom stereocenters. The van der Waals surface area contributed by atoms with Gasteiger partial charge in [0.1, 0.15) is 4.21 Å². The summed E-state index contributed by atoms with van der Waals surface area (Å²) in [6.07, 6.45) is 1.78. The SMILES string of the molecule is CC1(C)CC(=O)c2c(S(C)(=O)=O)sc(C(=O)c3ccc(C#N)cc3)c2C1. The predicted molar refractivity (Wildman–Crippen MR) is 98.5 cm³/mol. The second-order valence-corrected chi connectivity index (χ2v) is 10.5. The summed E-state index contributed by atoms with van der Waals surface area (Å²) in [7, 11) is -3.62. The van der Waals surface area contributed by atoms with Crippen molar-refractivity contribution in [2.45, 2.75) is 30.9 Å². The zero-order valence-corrected chi connectivity index (χ0v) is 16.3. The third-order valence-corrected chi connectivity index (χ3v) is 7.43. The van der Waals surface area contributed by atoms with Crippen molar-refractivity contribution in [3.63, 3.8) is 0 Å². The van der Waals surface area contributed by atoms with Crippen LogP contribution in [0.5, 0.6) is 0 Å². The molecule has 134 valence electrons. The van der Waals surface area contributed by atoms with Gasteiger partial charge < -0.3 is 0 Å². The average Bonchev–Trinajstić information content (AvgIpc) is 2.92. The molecule has 0 fully saturated rings. The van der Waals surface area contributed by atoms with Gasteiger partial charge in [0.05, 0.1) is 22.1 Å². The molecule has 1 aliphatic rings. The van der Waals surface area contributed by atoms with E-state index < -0.39 is 9.84 Å². The van der Waals surface area contributed by atoms with Crippen molar-refractivity contribution in [1.29, 1.82) is 5.26 Å². The van der Waals surface area contributed by atoms with E-state index in [1.54, 1.807) is 24.3 Å². The number of benzene rings is 1. The van der Waals surface area contributed by atoms with Crippen LogP contribution in [0, 0.1) is 16.7 Å². The lowest BCUT2D eigenvalue weighted by Gasteiger charge is -2.29. The average molecular weight is 387 g/mol. The fourth-order valence-corrected chi connectivity index (χ4v) is 5.72. The number of sulfone groups is 1. The number of ketones is 2. The molecule has 0 saturated heterocycles. The van der Waals surface area contributed by atoms with Crippen LogP contribution in [-0.4, -0.2) is 26.2 Å². The quantitative estimate of drug-likeness (QED) is 0.753. The van der Waals surface area contributed by atoms with Crippen LogP contribution < -0.4 is 0 Å². The Hall–Kier alpha value is -2.30. The fourth-order valence-electron chi connectivity index (χ4n) is 3.23. The molecule has 7 heteroatoms. The minimum atomic E-state index is -3.62. The van der Waals surface area contributed by atoms with E-state index in [4.69, 9.17) is 5.26 Å². The topological polar surface area (TPSA) is 92.1 Å². The predicted octanol–water partition coefficient (Wildman–Crippen LogP) is 3.41. The summed E-state index contributed by atoms with van der Waals surface area (Å²) < 4.78 is 24.3. The Morgan fingerprint density at radius 2 is 1.81 bits per heavy atom. The molecule has 1 aromatic heterocycles. The number of Topliss-reactive ketones (excluding diaryl/α,β-unsaturated/α-hetero) is 1. The van der Waals surface area contributed by atoms with E-state index >= 15 is 0 Å². The smallest absolute Gasteiger partial charge is 0.203 e. The number of hydrogen-bond donors (Lipinski definition) is 0. The highest BCUT2D eigenvalue weighted by Crippen LogP contribution is 2.43. The Morgan fingerprint density at radius 1 is 1.19 bits per heavy atom. The van der Waals surface area contributed by atoms with Crippen LogP contribution in [-0.2, 0) is 16.3 Å². The standard InChI is InChI=1S/C19H17NO4S2/c1-19(2)8-13-15(14(21)9-19)18(26(3,23)24)25-17(13)16(22)12-6-4-11(10-20)5-7-12/h4-7H,8-9H2,1-3H3. The minimum absolute atomic E-state index is 0.0232. The molecule has 0 unspecified atom stereocenters. The van der Waals surface area contributed by atoms with Gasteiger partial charge in [0.25, 0.3) is 0 Å². The van der Waals surface area contributed by atoms with Gasteiger partial charge in [0.2, 0.25) is 5.78 Å². The second-order valence-electron chi connectivity index (χ2n) is 7.30. The molecule has 3 rings (SSSR count). The Kier molecular flexibility index (Phi) is 4.37. The molecule has 0 bridgehead atoms. The van der Waals surface area contributed by atoms with Crippen molar-refractivity contribution < 1.29 is 18.0 Å². The maximum atomic E-state index is 13.0. The van der Waals surface area contributed by atoms with Crippen molar-refractivity contribution in [2.24, 2.45) is 5.41 Å². The Labute approximate surface area is 156 Å². The van der Waals surface area contributed by atoms with Crippen molar-refractivity contribution in [3.05, 3.63) is 51.4 Å². The van der Waals surface area contributed by atoms with Crippen molar-refractivity contribution >= 4 is 32.7 Å². The highest BCUT2D eigenvalue weighted by Gasteiger charge is 2.39. The van der Waals surface area contributed by atoms with Gasteiger partial charge in [-0.15, -0.1) is 11.3 Å². The zero-order chi connectivity index (χ0) is 19.3. The molecule has 0 radical (unpaired) electrons. The van der Waals surface area contributed by atoms with E-state index in [9.17, 15) is 18.0 Å². The highest BCUT2D eigenvalue weighted by molar-refractivity contribution is 7.92. The highest BCUT2D eigenvalue weighted by atomic mass is 32.2. The first-order valence-corrected chi connectivity index (χ1v) is 10.7. The largest absolute Gasteiger partial charge is 0.294 e. The summed E-state index contributed by atoms with van der Waals surface area (Å²) in [4.78, 5) is 25.9. The number of carbonyl (C=O) groups excluding carboxylic acids is 2. The summed E-state index contributed by atoms with van der Waals surface area (Å²) in [5.74, 6) is -0.553. The molecular formula is C19H17NO4S2. The van der Waals surface area contributed by atoms with Crippen LogP contribution in [0.1, 0.15) is 57.0 Å². The summed E-state index contributed by atoms with van der Waals surface area (Å²) in [6.45, 7) is 3.86. The van der Waals surface area contributed by atoms with Gasteiger partial charge in [-0.1, -0.05) is 13.8 Å². The molecule has 5 nitrogen and oxygen atoms in total. The lowest BCUT2D eigenvalue weighted by molar-refractivity contribution is 0.0909. The molecular weight excluding hydrogens is 370 g/mol. The lowest BCUT2D eigenvalue weighted by Crippen LogP contribution is -2.28. The monoisotopic (exact) mass is 387 g/mol. The van der Waals surface area contributed by atoms with Gasteiger partial charge in [-0.25, -0.2) is 8.42 Å².